The van der Waals surface area contributed by atoms with Crippen LogP contribution in [-0.4, -0.2) is 34.6 Å². The third-order valence-corrected chi connectivity index (χ3v) is 4.71. The van der Waals surface area contributed by atoms with Crippen LogP contribution < -0.4 is 5.32 Å². The third-order valence-electron chi connectivity index (χ3n) is 3.37. The van der Waals surface area contributed by atoms with Crippen molar-refractivity contribution in [3.8, 4) is 0 Å². The van der Waals surface area contributed by atoms with Gasteiger partial charge >= 0.3 is 0 Å². The molecule has 0 unspecified atom stereocenters. The van der Waals surface area contributed by atoms with Crippen LogP contribution in [0.3, 0.4) is 0 Å². The van der Waals surface area contributed by atoms with Gasteiger partial charge in [-0.25, -0.2) is 9.97 Å². The first-order valence-corrected chi connectivity index (χ1v) is 8.19. The predicted molar refractivity (Wildman–Crippen MR) is 80.9 cm³/mol. The minimum absolute atomic E-state index is 0.383. The van der Waals surface area contributed by atoms with Crippen molar-refractivity contribution in [2.45, 2.75) is 43.6 Å². The number of hydrogen-bond acceptors (Lipinski definition) is 5. The lowest BCUT2D eigenvalue weighted by Gasteiger charge is -2.28. The molecule has 19 heavy (non-hydrogen) atoms. The van der Waals surface area contributed by atoms with E-state index in [-0.39, 0.29) is 0 Å². The molecule has 6 heteroatoms. The van der Waals surface area contributed by atoms with Crippen LogP contribution in [0.4, 0.5) is 5.82 Å². The van der Waals surface area contributed by atoms with Gasteiger partial charge < -0.3 is 10.1 Å². The molecule has 0 spiro atoms. The van der Waals surface area contributed by atoms with Gasteiger partial charge in [0, 0.05) is 24.5 Å². The fourth-order valence-electron chi connectivity index (χ4n) is 2.38. The second-order valence-electron chi connectivity index (χ2n) is 4.78. The molecule has 0 amide bonds. The van der Waals surface area contributed by atoms with Crippen LogP contribution in [0.2, 0.25) is 5.15 Å². The van der Waals surface area contributed by atoms with Crippen molar-refractivity contribution in [2.75, 3.05) is 18.7 Å². The van der Waals surface area contributed by atoms with E-state index in [0.717, 1.165) is 11.1 Å². The Morgan fingerprint density at radius 2 is 2.11 bits per heavy atom. The van der Waals surface area contributed by atoms with Gasteiger partial charge in [-0.15, -0.1) is 0 Å². The Morgan fingerprint density at radius 1 is 1.37 bits per heavy atom. The molecule has 1 saturated carbocycles. The molecule has 1 aromatic heterocycles. The zero-order chi connectivity index (χ0) is 13.7. The van der Waals surface area contributed by atoms with Crippen LogP contribution in [0.5, 0.6) is 0 Å². The van der Waals surface area contributed by atoms with Crippen LogP contribution in [-0.2, 0) is 11.3 Å². The number of nitrogens with one attached hydrogen (secondary N) is 1. The molecule has 4 nitrogen and oxygen atoms in total. The maximum atomic E-state index is 6.00. The third kappa shape index (κ3) is 4.51. The van der Waals surface area contributed by atoms with E-state index in [2.05, 4.69) is 21.5 Å². The normalized spacial score (nSPS) is 23.3. The van der Waals surface area contributed by atoms with E-state index in [4.69, 9.17) is 16.3 Å². The number of ether oxygens (including phenoxy) is 1. The lowest BCUT2D eigenvalue weighted by atomic mass is 9.95. The number of hydrogen-bond donors (Lipinski definition) is 1. The number of thioether (sulfide) groups is 1. The number of halogens is 1. The maximum absolute atomic E-state index is 6.00. The number of rotatable bonds is 5. The van der Waals surface area contributed by atoms with Crippen LogP contribution in [0, 0.1) is 0 Å². The van der Waals surface area contributed by atoms with Crippen molar-refractivity contribution >= 4 is 29.2 Å². The first kappa shape index (κ1) is 14.9. The Morgan fingerprint density at radius 3 is 2.74 bits per heavy atom. The molecular formula is C13H20ClN3OS. The van der Waals surface area contributed by atoms with E-state index in [0.29, 0.717) is 23.6 Å². The Hall–Kier alpha value is -0.520. The first-order chi connectivity index (χ1) is 9.21. The minimum Gasteiger partial charge on any atom is -0.377 e. The summed E-state index contributed by atoms with van der Waals surface area (Å²) in [4.78, 5) is 8.55. The molecule has 1 aliphatic carbocycles. The van der Waals surface area contributed by atoms with Gasteiger partial charge in [-0.05, 0) is 31.9 Å². The van der Waals surface area contributed by atoms with E-state index in [1.807, 2.05) is 11.8 Å². The van der Waals surface area contributed by atoms with Gasteiger partial charge in [0.2, 0.25) is 0 Å². The molecule has 0 aliphatic heterocycles. The van der Waals surface area contributed by atoms with Gasteiger partial charge in [0.05, 0.1) is 0 Å². The summed E-state index contributed by atoms with van der Waals surface area (Å²) in [5, 5.41) is 4.74. The summed E-state index contributed by atoms with van der Waals surface area (Å²) in [5.74, 6) is 1.43. The second-order valence-corrected chi connectivity index (χ2v) is 6.30. The number of nitrogens with zero attached hydrogens (tertiary/aromatic N) is 2. The minimum atomic E-state index is 0.383. The zero-order valence-corrected chi connectivity index (χ0v) is 12.9. The molecule has 106 valence electrons. The monoisotopic (exact) mass is 301 g/mol. The highest BCUT2D eigenvalue weighted by atomic mass is 35.5. The number of methoxy groups -OCH3 is 1. The summed E-state index contributed by atoms with van der Waals surface area (Å²) in [6, 6.07) is 2.27. The van der Waals surface area contributed by atoms with Gasteiger partial charge in [-0.3, -0.25) is 0 Å². The van der Waals surface area contributed by atoms with E-state index in [9.17, 15) is 0 Å². The molecule has 1 aromatic rings. The topological polar surface area (TPSA) is 47.0 Å². The van der Waals surface area contributed by atoms with Gasteiger partial charge in [0.25, 0.3) is 0 Å². The summed E-state index contributed by atoms with van der Waals surface area (Å²) >= 11 is 7.97. The molecule has 0 saturated heterocycles. The number of anilines is 1. The van der Waals surface area contributed by atoms with Gasteiger partial charge in [0.15, 0.2) is 5.82 Å². The molecule has 1 heterocycles. The molecule has 0 radical (unpaired) electrons. The Kier molecular flexibility index (Phi) is 5.73. The highest BCUT2D eigenvalue weighted by Crippen LogP contribution is 2.28. The smallest absolute Gasteiger partial charge is 0.158 e. The Labute approximate surface area is 123 Å². The van der Waals surface area contributed by atoms with E-state index in [1.54, 1.807) is 13.2 Å². The van der Waals surface area contributed by atoms with E-state index < -0.39 is 0 Å². The van der Waals surface area contributed by atoms with Crippen molar-refractivity contribution in [1.29, 1.82) is 0 Å². The van der Waals surface area contributed by atoms with E-state index in [1.165, 1.54) is 25.7 Å². The fraction of sp³-hybridized carbons (Fsp3) is 0.692. The molecule has 1 aliphatic rings. The van der Waals surface area contributed by atoms with Crippen LogP contribution in [0.1, 0.15) is 31.5 Å². The summed E-state index contributed by atoms with van der Waals surface area (Å²) in [6.07, 6.45) is 7.10. The highest BCUT2D eigenvalue weighted by molar-refractivity contribution is 7.99. The lowest BCUT2D eigenvalue weighted by molar-refractivity contribution is 0.178. The van der Waals surface area contributed by atoms with Gasteiger partial charge in [-0.2, -0.15) is 11.8 Å². The fourth-order valence-corrected chi connectivity index (χ4v) is 3.33. The quantitative estimate of drug-likeness (QED) is 0.845. The van der Waals surface area contributed by atoms with Crippen molar-refractivity contribution in [2.24, 2.45) is 0 Å². The average molecular weight is 302 g/mol. The molecule has 1 N–H and O–H groups in total. The molecule has 0 atom stereocenters. The van der Waals surface area contributed by atoms with Gasteiger partial charge in [-0.1, -0.05) is 11.6 Å². The second kappa shape index (κ2) is 7.31. The summed E-state index contributed by atoms with van der Waals surface area (Å²) in [7, 11) is 1.63. The van der Waals surface area contributed by atoms with Crippen molar-refractivity contribution in [3.05, 3.63) is 17.0 Å². The molecule has 2 rings (SSSR count). The first-order valence-electron chi connectivity index (χ1n) is 6.53. The lowest BCUT2D eigenvalue weighted by Crippen LogP contribution is -2.27. The van der Waals surface area contributed by atoms with Crippen molar-refractivity contribution in [1.82, 2.24) is 9.97 Å². The summed E-state index contributed by atoms with van der Waals surface area (Å²) < 4.78 is 5.04. The van der Waals surface area contributed by atoms with Crippen molar-refractivity contribution in [3.63, 3.8) is 0 Å². The molecule has 1 fully saturated rings. The zero-order valence-electron chi connectivity index (χ0n) is 11.4. The largest absolute Gasteiger partial charge is 0.377 e. The van der Waals surface area contributed by atoms with Crippen LogP contribution >= 0.6 is 23.4 Å². The molecule has 0 bridgehead atoms. The standard InChI is InChI=1S/C13H20ClN3OS/c1-18-8-13-16-11(14)7-12(17-13)15-9-3-5-10(19-2)6-4-9/h7,9-10H,3-6,8H2,1-2H3,(H,15,16,17). The highest BCUT2D eigenvalue weighted by Gasteiger charge is 2.20. The predicted octanol–water partition coefficient (Wildman–Crippen LogP) is 3.36. The van der Waals surface area contributed by atoms with Crippen LogP contribution in [0.25, 0.3) is 0 Å². The Balaban J connectivity index is 1.95. The van der Waals surface area contributed by atoms with Crippen LogP contribution in [0.15, 0.2) is 6.07 Å². The summed E-state index contributed by atoms with van der Waals surface area (Å²) in [6.45, 7) is 0.383. The number of aromatic nitrogens is 2. The van der Waals surface area contributed by atoms with E-state index >= 15 is 0 Å². The summed E-state index contributed by atoms with van der Waals surface area (Å²) in [5.41, 5.74) is 0. The SMILES string of the molecule is COCc1nc(Cl)cc(NC2CCC(SC)CC2)n1. The average Bonchev–Trinajstić information content (AvgIpc) is 2.39. The maximum Gasteiger partial charge on any atom is 0.158 e. The van der Waals surface area contributed by atoms with Gasteiger partial charge in [0.1, 0.15) is 17.6 Å². The Bertz CT molecular complexity index is 411. The molecule has 0 aromatic carbocycles. The van der Waals surface area contributed by atoms with Crippen molar-refractivity contribution < 1.29 is 4.74 Å². The molecular weight excluding hydrogens is 282 g/mol.